The lowest BCUT2D eigenvalue weighted by Gasteiger charge is -2.18. The summed E-state index contributed by atoms with van der Waals surface area (Å²) in [5.41, 5.74) is 5.16. The molecule has 1 unspecified atom stereocenters. The first kappa shape index (κ1) is 44.9. The van der Waals surface area contributed by atoms with E-state index in [9.17, 15) is 20.2 Å². The van der Waals surface area contributed by atoms with Crippen molar-refractivity contribution in [1.29, 1.82) is 0 Å². The number of thiocarbonyl (C=S) groups is 2. The number of benzene rings is 3. The van der Waals surface area contributed by atoms with Gasteiger partial charge in [-0.1, -0.05) is 101 Å². The average Bonchev–Trinajstić information content (AvgIpc) is 3.20. The normalized spacial score (nSPS) is 14.0. The van der Waals surface area contributed by atoms with Gasteiger partial charge in [-0.3, -0.25) is 20.2 Å². The minimum absolute atomic E-state index is 0.0213. The van der Waals surface area contributed by atoms with Gasteiger partial charge >= 0.3 is 0 Å². The summed E-state index contributed by atoms with van der Waals surface area (Å²) in [6, 6.07) is 21.2. The van der Waals surface area contributed by atoms with E-state index in [-0.39, 0.29) is 16.5 Å². The Labute approximate surface area is 347 Å². The van der Waals surface area contributed by atoms with Crippen molar-refractivity contribution in [2.45, 2.75) is 103 Å². The van der Waals surface area contributed by atoms with Crippen molar-refractivity contribution in [1.82, 2.24) is 5.32 Å². The number of hydrogen-bond donors (Lipinski definition) is 4. The topological polar surface area (TPSA) is 153 Å². The van der Waals surface area contributed by atoms with Crippen LogP contribution in [0.4, 0.5) is 22.7 Å². The highest BCUT2D eigenvalue weighted by Crippen LogP contribution is 2.20. The molecule has 3 aromatic carbocycles. The molecular weight excluding hydrogens is 761 g/mol. The molecule has 0 fully saturated rings. The van der Waals surface area contributed by atoms with E-state index in [1.54, 1.807) is 30.4 Å². The molecule has 0 amide bonds. The second-order valence-corrected chi connectivity index (χ2v) is 15.1. The van der Waals surface area contributed by atoms with Crippen LogP contribution in [0, 0.1) is 26.1 Å². The van der Waals surface area contributed by atoms with Crippen LogP contribution in [0.3, 0.4) is 0 Å². The van der Waals surface area contributed by atoms with Crippen molar-refractivity contribution in [2.24, 2.45) is 5.92 Å². The molecule has 3 aromatic rings. The van der Waals surface area contributed by atoms with Crippen LogP contribution in [0.1, 0.15) is 95.1 Å². The van der Waals surface area contributed by atoms with Crippen molar-refractivity contribution in [3.63, 3.8) is 0 Å². The van der Waals surface area contributed by atoms with Gasteiger partial charge in [0.05, 0.1) is 31.4 Å². The molecule has 306 valence electrons. The Morgan fingerprint density at radius 2 is 1.14 bits per heavy atom. The number of non-ortho nitro benzene ring substituents is 1. The third kappa shape index (κ3) is 17.9. The van der Waals surface area contributed by atoms with Crippen LogP contribution < -0.4 is 21.3 Å². The van der Waals surface area contributed by atoms with E-state index in [1.807, 2.05) is 48.5 Å². The highest BCUT2D eigenvalue weighted by Gasteiger charge is 2.18. The average molecular weight is 817 g/mol. The van der Waals surface area contributed by atoms with Crippen LogP contribution in [-0.4, -0.2) is 39.3 Å². The van der Waals surface area contributed by atoms with Gasteiger partial charge in [-0.15, -0.1) is 0 Å². The Morgan fingerprint density at radius 3 is 1.58 bits per heavy atom. The molecule has 0 spiro atoms. The molecule has 2 atom stereocenters. The molecule has 0 saturated heterocycles. The van der Waals surface area contributed by atoms with E-state index in [2.05, 4.69) is 28.2 Å². The summed E-state index contributed by atoms with van der Waals surface area (Å²) in [7, 11) is 0. The number of nitro groups is 2. The second-order valence-electron chi connectivity index (χ2n) is 14.3. The minimum Gasteiger partial charge on any atom is -0.376 e. The van der Waals surface area contributed by atoms with E-state index in [0.717, 1.165) is 41.0 Å². The molecular formula is C43H56N6O6S2. The number of nitrogens with one attached hydrogen (secondary N) is 4. The number of nitro benzene ring substituents is 1. The number of ether oxygens (including phenoxy) is 2. The maximum Gasteiger partial charge on any atom is 0.269 e. The van der Waals surface area contributed by atoms with Gasteiger partial charge in [-0.05, 0) is 90.5 Å². The molecule has 0 radical (unpaired) electrons. The molecule has 14 heteroatoms. The van der Waals surface area contributed by atoms with E-state index in [0.29, 0.717) is 48.8 Å². The van der Waals surface area contributed by atoms with Crippen LogP contribution in [-0.2, 0) is 22.7 Å². The van der Waals surface area contributed by atoms with E-state index in [1.165, 1.54) is 69.9 Å². The van der Waals surface area contributed by atoms with Gasteiger partial charge in [-0.25, -0.2) is 0 Å². The molecule has 4 N–H and O–H groups in total. The van der Waals surface area contributed by atoms with Crippen LogP contribution >= 0.6 is 24.4 Å². The van der Waals surface area contributed by atoms with Crippen molar-refractivity contribution >= 4 is 57.4 Å². The maximum absolute atomic E-state index is 11.0. The summed E-state index contributed by atoms with van der Waals surface area (Å²) in [5.74, 6) is 0.274. The summed E-state index contributed by atoms with van der Waals surface area (Å²) in [6.45, 7) is 4.44. The third-order valence-electron chi connectivity index (χ3n) is 9.58. The third-order valence-corrected chi connectivity index (χ3v) is 9.98. The standard InChI is InChI=1S/C43H56N6O6S2/c1-2-3-4-5-6-7-8-9-10-11-12-35(31-54-29-33-13-17-36(18-14-33)44-42(56)46-38-21-25-40(26-22-38)48(50)51)32-55-30-34-15-19-37(20-16-34)45-43(57)47-39-23-27-41(28-24-39)49(52)53/h13-27,35,41H,2-12,28-32H2,1H3,(H2,44,46,56)(H2,45,47,57)/t35-,41?/m1/s1. The van der Waals surface area contributed by atoms with Crippen molar-refractivity contribution < 1.29 is 19.3 Å². The van der Waals surface area contributed by atoms with Crippen molar-refractivity contribution in [3.05, 3.63) is 128 Å². The van der Waals surface area contributed by atoms with Gasteiger partial charge in [0.1, 0.15) is 0 Å². The largest absolute Gasteiger partial charge is 0.376 e. The number of allylic oxidation sites excluding steroid dienone is 1. The molecule has 12 nitrogen and oxygen atoms in total. The summed E-state index contributed by atoms with van der Waals surface area (Å²) in [5, 5.41) is 35.1. The van der Waals surface area contributed by atoms with Gasteiger partial charge < -0.3 is 30.7 Å². The summed E-state index contributed by atoms with van der Waals surface area (Å²) >= 11 is 10.9. The van der Waals surface area contributed by atoms with Gasteiger partial charge in [0, 0.05) is 52.2 Å². The zero-order valence-electron chi connectivity index (χ0n) is 32.8. The number of nitrogens with zero attached hydrogens (tertiary/aromatic N) is 2. The summed E-state index contributed by atoms with van der Waals surface area (Å²) in [4.78, 5) is 21.1. The van der Waals surface area contributed by atoms with Crippen molar-refractivity contribution in [2.75, 3.05) is 29.2 Å². The Kier molecular flexibility index (Phi) is 20.1. The molecule has 4 rings (SSSR count). The van der Waals surface area contributed by atoms with Gasteiger partial charge in [-0.2, -0.15) is 0 Å². The fourth-order valence-electron chi connectivity index (χ4n) is 6.30. The maximum atomic E-state index is 11.0. The summed E-state index contributed by atoms with van der Waals surface area (Å²) in [6.07, 6.45) is 19.4. The number of unbranched alkanes of at least 4 members (excludes halogenated alkanes) is 9. The summed E-state index contributed by atoms with van der Waals surface area (Å²) < 4.78 is 12.5. The molecule has 0 bridgehead atoms. The molecule has 0 saturated carbocycles. The molecule has 0 aliphatic heterocycles. The lowest BCUT2D eigenvalue weighted by Crippen LogP contribution is -2.29. The van der Waals surface area contributed by atoms with Gasteiger partial charge in [0.2, 0.25) is 6.04 Å². The Morgan fingerprint density at radius 1 is 0.684 bits per heavy atom. The minimum atomic E-state index is -0.697. The molecule has 1 aliphatic carbocycles. The van der Waals surface area contributed by atoms with E-state index >= 15 is 0 Å². The smallest absolute Gasteiger partial charge is 0.269 e. The SMILES string of the molecule is CCCCCCCCCCCC[C@@H](COCc1ccc(NC(=S)NC2=CCC([N+](=O)[O-])C=C2)cc1)COCc1ccc(NC(=S)Nc2ccc([N+](=O)[O-])cc2)cc1. The second kappa shape index (κ2) is 25.5. The molecule has 0 heterocycles. The van der Waals surface area contributed by atoms with Crippen LogP contribution in [0.15, 0.2) is 96.7 Å². The molecule has 0 aromatic heterocycles. The number of anilines is 3. The van der Waals surface area contributed by atoms with Crippen LogP contribution in [0.2, 0.25) is 0 Å². The van der Waals surface area contributed by atoms with E-state index in [4.69, 9.17) is 33.9 Å². The Bertz CT molecular complexity index is 1770. The van der Waals surface area contributed by atoms with Gasteiger partial charge in [0.25, 0.3) is 5.69 Å². The number of hydrogen-bond acceptors (Lipinski definition) is 8. The zero-order valence-corrected chi connectivity index (χ0v) is 34.4. The fraction of sp³-hybridized carbons (Fsp3) is 0.442. The first-order valence-corrected chi connectivity index (χ1v) is 20.8. The van der Waals surface area contributed by atoms with Crippen LogP contribution in [0.5, 0.6) is 0 Å². The first-order valence-electron chi connectivity index (χ1n) is 19.9. The highest BCUT2D eigenvalue weighted by atomic mass is 32.1. The highest BCUT2D eigenvalue weighted by molar-refractivity contribution is 7.80. The van der Waals surface area contributed by atoms with E-state index < -0.39 is 11.0 Å². The Balaban J connectivity index is 1.19. The quantitative estimate of drug-likeness (QED) is 0.0279. The molecule has 1 aliphatic rings. The Hall–Kier alpha value is -4.76. The van der Waals surface area contributed by atoms with Crippen LogP contribution in [0.25, 0.3) is 0 Å². The zero-order chi connectivity index (χ0) is 40.7. The predicted octanol–water partition coefficient (Wildman–Crippen LogP) is 10.8. The first-order chi connectivity index (χ1) is 27.7. The number of rotatable bonds is 25. The van der Waals surface area contributed by atoms with Crippen molar-refractivity contribution in [3.8, 4) is 0 Å². The lowest BCUT2D eigenvalue weighted by atomic mass is 10.0. The lowest BCUT2D eigenvalue weighted by molar-refractivity contribution is -0.508. The molecule has 57 heavy (non-hydrogen) atoms. The fourth-order valence-corrected chi connectivity index (χ4v) is 6.77. The van der Waals surface area contributed by atoms with Gasteiger partial charge in [0.15, 0.2) is 10.2 Å². The monoisotopic (exact) mass is 816 g/mol. The predicted molar refractivity (Wildman–Crippen MR) is 237 cm³/mol.